The quantitative estimate of drug-likeness (QED) is 0.533. The molecule has 190 valence electrons. The van der Waals surface area contributed by atoms with Gasteiger partial charge in [-0.2, -0.15) is 13.2 Å². The maximum Gasteiger partial charge on any atom is 0.416 e. The molecule has 0 N–H and O–H groups in total. The number of piperidine rings is 1. The van der Waals surface area contributed by atoms with E-state index in [-0.39, 0.29) is 17.6 Å². The normalized spacial score (nSPS) is 18.6. The minimum absolute atomic E-state index is 0.00125. The van der Waals surface area contributed by atoms with Crippen molar-refractivity contribution >= 4 is 37.5 Å². The molecule has 2 fully saturated rings. The number of hydrogen-bond acceptors (Lipinski definition) is 4. The van der Waals surface area contributed by atoms with Gasteiger partial charge < -0.3 is 9.80 Å². The molecule has 2 aromatic rings. The molecule has 4 rings (SSSR count). The Hall–Kier alpha value is -2.11. The summed E-state index contributed by atoms with van der Waals surface area (Å²) in [6.45, 7) is 2.37. The molecule has 2 saturated heterocycles. The van der Waals surface area contributed by atoms with Crippen molar-refractivity contribution in [1.82, 2.24) is 9.21 Å². The summed E-state index contributed by atoms with van der Waals surface area (Å²) in [7, 11) is -3.47. The lowest BCUT2D eigenvalue weighted by atomic mass is 9.96. The summed E-state index contributed by atoms with van der Waals surface area (Å²) in [4.78, 5) is 16.7. The van der Waals surface area contributed by atoms with E-state index in [9.17, 15) is 26.4 Å². The van der Waals surface area contributed by atoms with Crippen LogP contribution in [0.25, 0.3) is 0 Å². The molecule has 2 aliphatic heterocycles. The number of amides is 1. The molecular weight excluding hydrogens is 547 g/mol. The van der Waals surface area contributed by atoms with Crippen molar-refractivity contribution in [1.29, 1.82) is 0 Å². The highest BCUT2D eigenvalue weighted by molar-refractivity contribution is 9.10. The van der Waals surface area contributed by atoms with Crippen LogP contribution < -0.4 is 4.90 Å². The molecule has 0 unspecified atom stereocenters. The lowest BCUT2D eigenvalue weighted by Crippen LogP contribution is -2.52. The first-order chi connectivity index (χ1) is 16.5. The topological polar surface area (TPSA) is 60.9 Å². The number of carbonyl (C=O) groups excluding carboxylic acids is 1. The van der Waals surface area contributed by atoms with E-state index in [1.54, 1.807) is 23.1 Å². The van der Waals surface area contributed by atoms with Crippen LogP contribution in [0.3, 0.4) is 0 Å². The Morgan fingerprint density at radius 3 is 2.17 bits per heavy atom. The maximum atomic E-state index is 13.0. The van der Waals surface area contributed by atoms with Crippen LogP contribution >= 0.6 is 15.9 Å². The molecular formula is C24H27BrF3N3O3S. The van der Waals surface area contributed by atoms with E-state index in [1.807, 2.05) is 17.0 Å². The third-order valence-corrected chi connectivity index (χ3v) is 8.97. The van der Waals surface area contributed by atoms with Crippen LogP contribution in [-0.4, -0.2) is 62.8 Å². The van der Waals surface area contributed by atoms with Gasteiger partial charge in [0.1, 0.15) is 0 Å². The van der Waals surface area contributed by atoms with E-state index in [4.69, 9.17) is 0 Å². The summed E-state index contributed by atoms with van der Waals surface area (Å²) < 4.78 is 67.0. The lowest BCUT2D eigenvalue weighted by Gasteiger charge is -2.39. The van der Waals surface area contributed by atoms with E-state index in [1.165, 1.54) is 10.4 Å². The van der Waals surface area contributed by atoms with Gasteiger partial charge >= 0.3 is 6.18 Å². The first-order valence-corrected chi connectivity index (χ1v) is 13.9. The molecule has 2 aliphatic rings. The van der Waals surface area contributed by atoms with Crippen LogP contribution in [0.4, 0.5) is 18.9 Å². The Morgan fingerprint density at radius 1 is 0.943 bits per heavy atom. The zero-order valence-electron chi connectivity index (χ0n) is 19.0. The number of benzene rings is 2. The molecule has 2 heterocycles. The van der Waals surface area contributed by atoms with Crippen molar-refractivity contribution in [3.63, 3.8) is 0 Å². The van der Waals surface area contributed by atoms with Gasteiger partial charge in [0.05, 0.1) is 11.3 Å². The Balaban J connectivity index is 1.28. The van der Waals surface area contributed by atoms with Gasteiger partial charge in [0, 0.05) is 55.3 Å². The van der Waals surface area contributed by atoms with Crippen LogP contribution in [0.2, 0.25) is 0 Å². The van der Waals surface area contributed by atoms with Gasteiger partial charge in [-0.1, -0.05) is 34.1 Å². The monoisotopic (exact) mass is 573 g/mol. The molecule has 2 aromatic carbocycles. The van der Waals surface area contributed by atoms with Gasteiger partial charge in [-0.3, -0.25) is 4.79 Å². The zero-order chi connectivity index (χ0) is 25.2. The number of alkyl halides is 3. The average Bonchev–Trinajstić information content (AvgIpc) is 2.85. The molecule has 0 aromatic heterocycles. The molecule has 0 aliphatic carbocycles. The second-order valence-electron chi connectivity index (χ2n) is 8.92. The van der Waals surface area contributed by atoms with E-state index in [0.717, 1.165) is 16.6 Å². The summed E-state index contributed by atoms with van der Waals surface area (Å²) in [5, 5.41) is 0. The van der Waals surface area contributed by atoms with Crippen molar-refractivity contribution in [2.24, 2.45) is 5.92 Å². The van der Waals surface area contributed by atoms with Crippen molar-refractivity contribution < 1.29 is 26.4 Å². The molecule has 0 radical (unpaired) electrons. The predicted molar refractivity (Wildman–Crippen MR) is 131 cm³/mol. The number of anilines is 1. The first-order valence-electron chi connectivity index (χ1n) is 11.5. The molecule has 0 atom stereocenters. The maximum absolute atomic E-state index is 13.0. The molecule has 11 heteroatoms. The second-order valence-corrected chi connectivity index (χ2v) is 11.8. The Morgan fingerprint density at radius 2 is 1.57 bits per heavy atom. The Bertz CT molecular complexity index is 1140. The van der Waals surface area contributed by atoms with Gasteiger partial charge in [-0.05, 0) is 48.7 Å². The fourth-order valence-electron chi connectivity index (χ4n) is 4.59. The molecule has 35 heavy (non-hydrogen) atoms. The number of sulfonamides is 1. The van der Waals surface area contributed by atoms with Crippen molar-refractivity contribution in [2.75, 3.05) is 44.2 Å². The van der Waals surface area contributed by atoms with Gasteiger partial charge in [0.2, 0.25) is 15.9 Å². The van der Waals surface area contributed by atoms with Crippen molar-refractivity contribution in [2.45, 2.75) is 24.8 Å². The summed E-state index contributed by atoms with van der Waals surface area (Å²) in [5.74, 6) is -0.316. The molecule has 1 amide bonds. The molecule has 0 bridgehead atoms. The van der Waals surface area contributed by atoms with Crippen LogP contribution in [-0.2, 0) is 26.7 Å². The SMILES string of the molecule is O=C(C1CCN(S(=O)(=O)Cc2ccc(Br)cc2)CC1)N1CCN(c2cccc(C(F)(F)F)c2)CC1. The van der Waals surface area contributed by atoms with Gasteiger partial charge in [-0.25, -0.2) is 12.7 Å². The third kappa shape index (κ3) is 6.37. The fourth-order valence-corrected chi connectivity index (χ4v) is 6.41. The highest BCUT2D eigenvalue weighted by atomic mass is 79.9. The number of rotatable bonds is 5. The highest BCUT2D eigenvalue weighted by Gasteiger charge is 2.35. The Labute approximate surface area is 211 Å². The summed E-state index contributed by atoms with van der Waals surface area (Å²) in [5.41, 5.74) is 0.525. The van der Waals surface area contributed by atoms with Gasteiger partial charge in [0.25, 0.3) is 0 Å². The van der Waals surface area contributed by atoms with Crippen LogP contribution in [0.15, 0.2) is 53.0 Å². The Kier molecular flexibility index (Phi) is 7.77. The van der Waals surface area contributed by atoms with Crippen LogP contribution in [0.5, 0.6) is 0 Å². The second kappa shape index (κ2) is 10.5. The van der Waals surface area contributed by atoms with Crippen LogP contribution in [0, 0.1) is 5.92 Å². The van der Waals surface area contributed by atoms with Crippen molar-refractivity contribution in [3.8, 4) is 0 Å². The lowest BCUT2D eigenvalue weighted by molar-refractivity contribution is -0.137. The number of halogens is 4. The minimum atomic E-state index is -4.39. The van der Waals surface area contributed by atoms with E-state index < -0.39 is 21.8 Å². The number of hydrogen-bond donors (Lipinski definition) is 0. The number of nitrogens with zero attached hydrogens (tertiary/aromatic N) is 3. The summed E-state index contributed by atoms with van der Waals surface area (Å²) in [6, 6.07) is 12.4. The minimum Gasteiger partial charge on any atom is -0.368 e. The van der Waals surface area contributed by atoms with Gasteiger partial charge in [-0.15, -0.1) is 0 Å². The van der Waals surface area contributed by atoms with Crippen LogP contribution in [0.1, 0.15) is 24.0 Å². The fraction of sp³-hybridized carbons (Fsp3) is 0.458. The summed E-state index contributed by atoms with van der Waals surface area (Å²) in [6.07, 6.45) is -3.47. The largest absolute Gasteiger partial charge is 0.416 e. The van der Waals surface area contributed by atoms with E-state index in [0.29, 0.717) is 63.4 Å². The molecule has 0 saturated carbocycles. The molecule has 0 spiro atoms. The standard InChI is InChI=1S/C24H27BrF3N3O3S/c25-21-6-4-18(5-7-21)17-35(33,34)31-10-8-19(9-11-31)23(32)30-14-12-29(13-15-30)22-3-1-2-20(16-22)24(26,27)28/h1-7,16,19H,8-15,17H2. The van der Waals surface area contributed by atoms with E-state index in [2.05, 4.69) is 15.9 Å². The highest BCUT2D eigenvalue weighted by Crippen LogP contribution is 2.32. The smallest absolute Gasteiger partial charge is 0.368 e. The van der Waals surface area contributed by atoms with E-state index >= 15 is 0 Å². The summed E-state index contributed by atoms with van der Waals surface area (Å²) >= 11 is 3.34. The average molecular weight is 574 g/mol. The molecule has 6 nitrogen and oxygen atoms in total. The predicted octanol–water partition coefficient (Wildman–Crippen LogP) is 4.36. The number of piperazine rings is 1. The third-order valence-electron chi connectivity index (χ3n) is 6.59. The van der Waals surface area contributed by atoms with Gasteiger partial charge in [0.15, 0.2) is 0 Å². The van der Waals surface area contributed by atoms with Crippen molar-refractivity contribution in [3.05, 3.63) is 64.1 Å². The first kappa shape index (κ1) is 26.0. The number of carbonyl (C=O) groups is 1. The zero-order valence-corrected chi connectivity index (χ0v) is 21.4.